The van der Waals surface area contributed by atoms with Gasteiger partial charge in [-0.1, -0.05) is 0 Å². The Labute approximate surface area is 122 Å². The molecule has 21 heavy (non-hydrogen) atoms. The van der Waals surface area contributed by atoms with E-state index in [-0.39, 0.29) is 11.5 Å². The molecule has 4 nitrogen and oxygen atoms in total. The average molecular weight is 296 g/mol. The molecule has 2 aliphatic heterocycles. The van der Waals surface area contributed by atoms with Crippen LogP contribution >= 0.6 is 0 Å². The smallest absolute Gasteiger partial charge is 0.395 e. The number of likely N-dealkylation sites (tertiary alicyclic amines) is 1. The van der Waals surface area contributed by atoms with Crippen molar-refractivity contribution in [2.24, 2.45) is 0 Å². The Morgan fingerprint density at radius 3 is 2.76 bits per heavy atom. The summed E-state index contributed by atoms with van der Waals surface area (Å²) in [5, 5.41) is 3.42. The van der Waals surface area contributed by atoms with Gasteiger partial charge >= 0.3 is 6.29 Å². The van der Waals surface area contributed by atoms with Gasteiger partial charge in [0, 0.05) is 36.4 Å². The van der Waals surface area contributed by atoms with Gasteiger partial charge in [0.15, 0.2) is 11.5 Å². The van der Waals surface area contributed by atoms with Gasteiger partial charge in [0.05, 0.1) is 0 Å². The van der Waals surface area contributed by atoms with Crippen molar-refractivity contribution in [1.29, 1.82) is 0 Å². The zero-order chi connectivity index (χ0) is 14.6. The van der Waals surface area contributed by atoms with Crippen LogP contribution in [-0.2, 0) is 0 Å². The number of hydrogen-bond donors (Lipinski definition) is 1. The highest BCUT2D eigenvalue weighted by atomic mass is 19.3. The number of anilines is 1. The van der Waals surface area contributed by atoms with Crippen molar-refractivity contribution in [2.45, 2.75) is 50.6 Å². The third kappa shape index (κ3) is 2.52. The number of rotatable bonds is 3. The topological polar surface area (TPSA) is 33.7 Å². The minimum absolute atomic E-state index is 0.0879. The number of hydrogen-bond acceptors (Lipinski definition) is 4. The number of halogens is 2. The summed E-state index contributed by atoms with van der Waals surface area (Å²) in [5.41, 5.74) is 0.796. The van der Waals surface area contributed by atoms with Gasteiger partial charge in [0.2, 0.25) is 0 Å². The fourth-order valence-electron chi connectivity index (χ4n) is 3.35. The van der Waals surface area contributed by atoms with Crippen molar-refractivity contribution < 1.29 is 18.3 Å². The first kappa shape index (κ1) is 13.1. The van der Waals surface area contributed by atoms with E-state index in [1.165, 1.54) is 18.9 Å². The Morgan fingerprint density at radius 1 is 1.24 bits per heavy atom. The predicted molar refractivity (Wildman–Crippen MR) is 73.9 cm³/mol. The summed E-state index contributed by atoms with van der Waals surface area (Å²) in [6, 6.07) is 6.54. The molecule has 0 amide bonds. The summed E-state index contributed by atoms with van der Waals surface area (Å²) in [4.78, 5) is 2.54. The van der Waals surface area contributed by atoms with Crippen molar-refractivity contribution in [3.05, 3.63) is 18.2 Å². The Morgan fingerprint density at radius 2 is 2.00 bits per heavy atom. The molecule has 114 valence electrons. The highest BCUT2D eigenvalue weighted by Crippen LogP contribution is 2.42. The standard InChI is InChI=1S/C15H18F2N2O2/c1-9-6-11(8-19(9)12-3-4-12)18-10-2-5-13-14(7-10)21-15(16,17)20-13/h2,5,7,9,11-12,18H,3-4,6,8H2,1H3. The molecule has 3 aliphatic rings. The third-order valence-electron chi connectivity index (χ3n) is 4.41. The monoisotopic (exact) mass is 296 g/mol. The second-order valence-electron chi connectivity index (χ2n) is 6.18. The summed E-state index contributed by atoms with van der Waals surface area (Å²) in [5.74, 6) is 0.181. The summed E-state index contributed by atoms with van der Waals surface area (Å²) in [6.45, 7) is 3.26. The Hall–Kier alpha value is -1.56. The van der Waals surface area contributed by atoms with Crippen molar-refractivity contribution in [3.63, 3.8) is 0 Å². The fourth-order valence-corrected chi connectivity index (χ4v) is 3.35. The maximum Gasteiger partial charge on any atom is 0.586 e. The van der Waals surface area contributed by atoms with Crippen molar-refractivity contribution >= 4 is 5.69 Å². The molecule has 1 saturated carbocycles. The molecule has 1 saturated heterocycles. The average Bonchev–Trinajstić information content (AvgIpc) is 3.10. The van der Waals surface area contributed by atoms with Crippen LogP contribution in [0.1, 0.15) is 26.2 Å². The number of ether oxygens (including phenoxy) is 2. The van der Waals surface area contributed by atoms with Crippen LogP contribution < -0.4 is 14.8 Å². The van der Waals surface area contributed by atoms with Gasteiger partial charge in [0.25, 0.3) is 0 Å². The molecule has 0 aromatic heterocycles. The van der Waals surface area contributed by atoms with Gasteiger partial charge in [-0.15, -0.1) is 8.78 Å². The molecular weight excluding hydrogens is 278 g/mol. The molecule has 1 aliphatic carbocycles. The van der Waals surface area contributed by atoms with E-state index in [0.717, 1.165) is 24.7 Å². The Balaban J connectivity index is 1.44. The predicted octanol–water partition coefficient (Wildman–Crippen LogP) is 3.05. The number of nitrogens with zero attached hydrogens (tertiary/aromatic N) is 1. The lowest BCUT2D eigenvalue weighted by atomic mass is 10.2. The Bertz CT molecular complexity index is 563. The van der Waals surface area contributed by atoms with E-state index < -0.39 is 6.29 Å². The molecule has 2 fully saturated rings. The number of nitrogens with one attached hydrogen (secondary N) is 1. The molecule has 1 aromatic carbocycles. The van der Waals surface area contributed by atoms with Crippen molar-refractivity contribution in [3.8, 4) is 11.5 Å². The van der Waals surface area contributed by atoms with E-state index in [1.807, 2.05) is 0 Å². The van der Waals surface area contributed by atoms with Gasteiger partial charge in [-0.3, -0.25) is 4.90 Å². The Kier molecular flexibility index (Phi) is 2.79. The van der Waals surface area contributed by atoms with Gasteiger partial charge in [0.1, 0.15) is 0 Å². The van der Waals surface area contributed by atoms with Crippen LogP contribution in [0.4, 0.5) is 14.5 Å². The molecule has 0 bridgehead atoms. The van der Waals surface area contributed by atoms with Gasteiger partial charge in [-0.25, -0.2) is 0 Å². The van der Waals surface area contributed by atoms with Gasteiger partial charge < -0.3 is 14.8 Å². The lowest BCUT2D eigenvalue weighted by Gasteiger charge is -2.20. The largest absolute Gasteiger partial charge is 0.586 e. The molecule has 0 radical (unpaired) electrons. The first-order chi connectivity index (χ1) is 10.00. The first-order valence-electron chi connectivity index (χ1n) is 7.42. The zero-order valence-corrected chi connectivity index (χ0v) is 11.8. The lowest BCUT2D eigenvalue weighted by molar-refractivity contribution is -0.286. The van der Waals surface area contributed by atoms with Crippen molar-refractivity contribution in [2.75, 3.05) is 11.9 Å². The SMILES string of the molecule is CC1CC(Nc2ccc3c(c2)OC(F)(F)O3)CN1C1CC1. The molecule has 2 unspecified atom stereocenters. The summed E-state index contributed by atoms with van der Waals surface area (Å²) in [7, 11) is 0. The normalized spacial score (nSPS) is 30.6. The molecular formula is C15H18F2N2O2. The molecule has 4 rings (SSSR count). The quantitative estimate of drug-likeness (QED) is 0.929. The van der Waals surface area contributed by atoms with Crippen molar-refractivity contribution in [1.82, 2.24) is 4.90 Å². The highest BCUT2D eigenvalue weighted by Gasteiger charge is 2.43. The lowest BCUT2D eigenvalue weighted by Crippen LogP contribution is -2.30. The minimum Gasteiger partial charge on any atom is -0.395 e. The minimum atomic E-state index is -3.55. The van der Waals surface area contributed by atoms with Crippen LogP contribution in [-0.4, -0.2) is 35.9 Å². The van der Waals surface area contributed by atoms with E-state index >= 15 is 0 Å². The maximum absolute atomic E-state index is 13.0. The summed E-state index contributed by atoms with van der Waals surface area (Å²) in [6.07, 6.45) is 0.124. The van der Waals surface area contributed by atoms with Crippen LogP contribution in [0.3, 0.4) is 0 Å². The van der Waals surface area contributed by atoms with E-state index in [1.54, 1.807) is 12.1 Å². The molecule has 1 aromatic rings. The second kappa shape index (κ2) is 4.47. The van der Waals surface area contributed by atoms with E-state index in [0.29, 0.717) is 12.1 Å². The highest BCUT2D eigenvalue weighted by molar-refractivity contribution is 5.56. The van der Waals surface area contributed by atoms with Crippen LogP contribution in [0.25, 0.3) is 0 Å². The number of alkyl halides is 2. The third-order valence-corrected chi connectivity index (χ3v) is 4.41. The van der Waals surface area contributed by atoms with Crippen LogP contribution in [0, 0.1) is 0 Å². The first-order valence-corrected chi connectivity index (χ1v) is 7.42. The van der Waals surface area contributed by atoms with E-state index in [4.69, 9.17) is 0 Å². The number of fused-ring (bicyclic) bond motifs is 1. The molecule has 2 heterocycles. The summed E-state index contributed by atoms with van der Waals surface area (Å²) >= 11 is 0. The van der Waals surface area contributed by atoms with E-state index in [9.17, 15) is 8.78 Å². The van der Waals surface area contributed by atoms with Gasteiger partial charge in [-0.2, -0.15) is 0 Å². The molecule has 0 spiro atoms. The number of benzene rings is 1. The zero-order valence-electron chi connectivity index (χ0n) is 11.8. The fraction of sp³-hybridized carbons (Fsp3) is 0.600. The molecule has 6 heteroatoms. The van der Waals surface area contributed by atoms with Gasteiger partial charge in [-0.05, 0) is 38.3 Å². The van der Waals surface area contributed by atoms with Crippen LogP contribution in [0.15, 0.2) is 18.2 Å². The molecule has 2 atom stereocenters. The van der Waals surface area contributed by atoms with Crippen LogP contribution in [0.2, 0.25) is 0 Å². The molecule has 1 N–H and O–H groups in total. The van der Waals surface area contributed by atoms with Crippen LogP contribution in [0.5, 0.6) is 11.5 Å². The van der Waals surface area contributed by atoms with E-state index in [2.05, 4.69) is 26.6 Å². The maximum atomic E-state index is 13.0. The second-order valence-corrected chi connectivity index (χ2v) is 6.18. The summed E-state index contributed by atoms with van der Waals surface area (Å²) < 4.78 is 34.9.